The average Bonchev–Trinajstić information content (AvgIpc) is 2.64. The standard InChI is InChI=1S/C21H23ClN4O/c1-14-7-8-17(13-19(14)22)25-20-11-15(2)24-21(26-20)23-10-9-16-5-4-6-18(12-16)27-3/h4-8,11-13H,9-10H2,1-3H3,(H2,23,24,25,26). The summed E-state index contributed by atoms with van der Waals surface area (Å²) < 4.78 is 5.26. The number of hydrogen-bond acceptors (Lipinski definition) is 5. The van der Waals surface area contributed by atoms with Crippen LogP contribution < -0.4 is 15.4 Å². The van der Waals surface area contributed by atoms with E-state index < -0.39 is 0 Å². The predicted octanol–water partition coefficient (Wildman–Crippen LogP) is 5.15. The van der Waals surface area contributed by atoms with Gasteiger partial charge in [-0.2, -0.15) is 4.98 Å². The van der Waals surface area contributed by atoms with Crippen LogP contribution in [0.25, 0.3) is 0 Å². The summed E-state index contributed by atoms with van der Waals surface area (Å²) in [6.07, 6.45) is 0.852. The third kappa shape index (κ3) is 5.34. The monoisotopic (exact) mass is 382 g/mol. The van der Waals surface area contributed by atoms with Crippen molar-refractivity contribution in [2.24, 2.45) is 0 Å². The second kappa shape index (κ2) is 8.73. The van der Waals surface area contributed by atoms with Gasteiger partial charge in [-0.15, -0.1) is 0 Å². The number of nitrogens with zero attached hydrogens (tertiary/aromatic N) is 2. The second-order valence-corrected chi connectivity index (χ2v) is 6.74. The van der Waals surface area contributed by atoms with Gasteiger partial charge in [-0.05, 0) is 55.7 Å². The molecule has 140 valence electrons. The van der Waals surface area contributed by atoms with Crippen molar-refractivity contribution in [3.63, 3.8) is 0 Å². The molecule has 1 aromatic heterocycles. The molecule has 27 heavy (non-hydrogen) atoms. The molecule has 0 saturated heterocycles. The predicted molar refractivity (Wildman–Crippen MR) is 111 cm³/mol. The van der Waals surface area contributed by atoms with Gasteiger partial charge in [0.25, 0.3) is 0 Å². The van der Waals surface area contributed by atoms with Crippen LogP contribution in [-0.4, -0.2) is 23.6 Å². The van der Waals surface area contributed by atoms with Gasteiger partial charge in [-0.3, -0.25) is 0 Å². The zero-order valence-corrected chi connectivity index (χ0v) is 16.5. The third-order valence-corrected chi connectivity index (χ3v) is 4.54. The van der Waals surface area contributed by atoms with Gasteiger partial charge >= 0.3 is 0 Å². The van der Waals surface area contributed by atoms with Crippen molar-refractivity contribution in [1.29, 1.82) is 0 Å². The first-order valence-electron chi connectivity index (χ1n) is 8.79. The fourth-order valence-electron chi connectivity index (χ4n) is 2.68. The third-order valence-electron chi connectivity index (χ3n) is 4.13. The first kappa shape index (κ1) is 19.0. The van der Waals surface area contributed by atoms with Crippen molar-refractivity contribution in [2.45, 2.75) is 20.3 Å². The number of anilines is 3. The van der Waals surface area contributed by atoms with Crippen molar-refractivity contribution in [1.82, 2.24) is 9.97 Å². The number of benzene rings is 2. The van der Waals surface area contributed by atoms with Crippen LogP contribution in [0.3, 0.4) is 0 Å². The number of halogens is 1. The van der Waals surface area contributed by atoms with Gasteiger partial charge in [0, 0.05) is 29.0 Å². The van der Waals surface area contributed by atoms with Gasteiger partial charge < -0.3 is 15.4 Å². The highest BCUT2D eigenvalue weighted by atomic mass is 35.5. The molecular formula is C21H23ClN4O. The zero-order valence-electron chi connectivity index (χ0n) is 15.7. The van der Waals surface area contributed by atoms with Crippen molar-refractivity contribution >= 4 is 29.1 Å². The molecule has 3 rings (SSSR count). The van der Waals surface area contributed by atoms with E-state index >= 15 is 0 Å². The summed E-state index contributed by atoms with van der Waals surface area (Å²) in [6, 6.07) is 15.8. The number of aryl methyl sites for hydroxylation is 2. The van der Waals surface area contributed by atoms with Crippen LogP contribution in [0.2, 0.25) is 5.02 Å². The van der Waals surface area contributed by atoms with Crippen LogP contribution in [0.15, 0.2) is 48.5 Å². The lowest BCUT2D eigenvalue weighted by atomic mass is 10.1. The number of rotatable bonds is 7. The second-order valence-electron chi connectivity index (χ2n) is 6.34. The Morgan fingerprint density at radius 3 is 2.67 bits per heavy atom. The van der Waals surface area contributed by atoms with Gasteiger partial charge in [0.15, 0.2) is 0 Å². The summed E-state index contributed by atoms with van der Waals surface area (Å²) in [7, 11) is 1.67. The van der Waals surface area contributed by atoms with Crippen molar-refractivity contribution in [3.05, 3.63) is 70.4 Å². The van der Waals surface area contributed by atoms with Gasteiger partial charge in [0.2, 0.25) is 5.95 Å². The lowest BCUT2D eigenvalue weighted by Crippen LogP contribution is -2.09. The van der Waals surface area contributed by atoms with Gasteiger partial charge in [0.05, 0.1) is 7.11 Å². The summed E-state index contributed by atoms with van der Waals surface area (Å²) >= 11 is 6.20. The maximum absolute atomic E-state index is 6.20. The Kier molecular flexibility index (Phi) is 6.14. The maximum atomic E-state index is 6.20. The molecule has 1 heterocycles. The molecule has 0 amide bonds. The molecule has 0 unspecified atom stereocenters. The molecule has 0 aliphatic carbocycles. The summed E-state index contributed by atoms with van der Waals surface area (Å²) in [4.78, 5) is 9.00. The van der Waals surface area contributed by atoms with Crippen LogP contribution in [0.4, 0.5) is 17.5 Å². The topological polar surface area (TPSA) is 59.1 Å². The molecular weight excluding hydrogens is 360 g/mol. The molecule has 5 nitrogen and oxygen atoms in total. The molecule has 0 radical (unpaired) electrons. The average molecular weight is 383 g/mol. The Bertz CT molecular complexity index is 930. The Morgan fingerprint density at radius 1 is 1.04 bits per heavy atom. The number of hydrogen-bond donors (Lipinski definition) is 2. The van der Waals surface area contributed by atoms with Gasteiger partial charge in [-0.1, -0.05) is 29.8 Å². The Balaban J connectivity index is 1.64. The van der Waals surface area contributed by atoms with E-state index in [2.05, 4.69) is 26.7 Å². The summed E-state index contributed by atoms with van der Waals surface area (Å²) in [5.74, 6) is 2.19. The summed E-state index contributed by atoms with van der Waals surface area (Å²) in [6.45, 7) is 4.65. The minimum atomic E-state index is 0.596. The molecule has 6 heteroatoms. The van der Waals surface area contributed by atoms with E-state index in [9.17, 15) is 0 Å². The van der Waals surface area contributed by atoms with E-state index in [0.717, 1.165) is 46.5 Å². The smallest absolute Gasteiger partial charge is 0.224 e. The van der Waals surface area contributed by atoms with Crippen molar-refractivity contribution in [3.8, 4) is 5.75 Å². The largest absolute Gasteiger partial charge is 0.497 e. The molecule has 0 bridgehead atoms. The zero-order chi connectivity index (χ0) is 19.2. The number of ether oxygens (including phenoxy) is 1. The molecule has 0 saturated carbocycles. The molecule has 2 N–H and O–H groups in total. The first-order valence-corrected chi connectivity index (χ1v) is 9.17. The van der Waals surface area contributed by atoms with E-state index in [1.165, 1.54) is 5.56 Å². The number of nitrogens with one attached hydrogen (secondary N) is 2. The number of methoxy groups -OCH3 is 1. The van der Waals surface area contributed by atoms with E-state index in [1.54, 1.807) is 7.11 Å². The fourth-order valence-corrected chi connectivity index (χ4v) is 2.86. The van der Waals surface area contributed by atoms with Crippen molar-refractivity contribution < 1.29 is 4.74 Å². The lowest BCUT2D eigenvalue weighted by molar-refractivity contribution is 0.414. The fraction of sp³-hybridized carbons (Fsp3) is 0.238. The molecule has 0 atom stereocenters. The van der Waals surface area contributed by atoms with Crippen molar-refractivity contribution in [2.75, 3.05) is 24.3 Å². The first-order chi connectivity index (χ1) is 13.0. The molecule has 0 fully saturated rings. The Labute approximate surface area is 164 Å². The molecule has 0 aliphatic heterocycles. The lowest BCUT2D eigenvalue weighted by Gasteiger charge is -2.11. The highest BCUT2D eigenvalue weighted by Gasteiger charge is 2.05. The minimum Gasteiger partial charge on any atom is -0.497 e. The SMILES string of the molecule is COc1cccc(CCNc2nc(C)cc(Nc3ccc(C)c(Cl)c3)n2)c1. The van der Waals surface area contributed by atoms with Gasteiger partial charge in [-0.25, -0.2) is 4.98 Å². The number of aromatic nitrogens is 2. The highest BCUT2D eigenvalue weighted by molar-refractivity contribution is 6.31. The maximum Gasteiger partial charge on any atom is 0.224 e. The molecule has 0 spiro atoms. The van der Waals surface area contributed by atoms with Crippen LogP contribution >= 0.6 is 11.6 Å². The quantitative estimate of drug-likeness (QED) is 0.591. The van der Waals surface area contributed by atoms with E-state index in [1.807, 2.05) is 56.3 Å². The molecule has 2 aromatic carbocycles. The van der Waals surface area contributed by atoms with E-state index in [-0.39, 0.29) is 0 Å². The van der Waals surface area contributed by atoms with Gasteiger partial charge in [0.1, 0.15) is 11.6 Å². The van der Waals surface area contributed by atoms with Crippen LogP contribution in [0.1, 0.15) is 16.8 Å². The van der Waals surface area contributed by atoms with Crippen LogP contribution in [-0.2, 0) is 6.42 Å². The summed E-state index contributed by atoms with van der Waals surface area (Å²) in [5.41, 5.74) is 4.02. The summed E-state index contributed by atoms with van der Waals surface area (Å²) in [5, 5.41) is 7.30. The van der Waals surface area contributed by atoms with E-state index in [4.69, 9.17) is 16.3 Å². The normalized spacial score (nSPS) is 10.5. The van der Waals surface area contributed by atoms with Crippen LogP contribution in [0, 0.1) is 13.8 Å². The van der Waals surface area contributed by atoms with E-state index in [0.29, 0.717) is 5.95 Å². The highest BCUT2D eigenvalue weighted by Crippen LogP contribution is 2.23. The minimum absolute atomic E-state index is 0.596. The Morgan fingerprint density at radius 2 is 1.89 bits per heavy atom. The Hall–Kier alpha value is -2.79. The molecule has 3 aromatic rings. The van der Waals surface area contributed by atoms with Crippen LogP contribution in [0.5, 0.6) is 5.75 Å². The molecule has 0 aliphatic rings.